The highest BCUT2D eigenvalue weighted by Crippen LogP contribution is 2.17. The fourth-order valence-corrected chi connectivity index (χ4v) is 1.41. The molecule has 0 saturated carbocycles. The topological polar surface area (TPSA) is 3.24 Å². The molecule has 1 aliphatic heterocycles. The summed E-state index contributed by atoms with van der Waals surface area (Å²) in [6.07, 6.45) is 4.41. The first-order valence-corrected chi connectivity index (χ1v) is 4.03. The quantitative estimate of drug-likeness (QED) is 0.459. The van der Waals surface area contributed by atoms with E-state index in [4.69, 9.17) is 0 Å². The van der Waals surface area contributed by atoms with E-state index >= 15 is 0 Å². The maximum atomic E-state index is 2.34. The van der Waals surface area contributed by atoms with E-state index in [2.05, 4.69) is 53.6 Å². The number of allylic oxidation sites excluding steroid dienone is 2. The average molecular weight is 235 g/mol. The summed E-state index contributed by atoms with van der Waals surface area (Å²) < 4.78 is 1.33. The molecule has 0 aromatic heterocycles. The number of rotatable bonds is 0. The number of hydrogen-bond donors (Lipinski definition) is 0. The van der Waals surface area contributed by atoms with Crippen molar-refractivity contribution in [2.24, 2.45) is 0 Å². The number of nitrogens with zero attached hydrogens (tertiary/aromatic N) is 1. The van der Waals surface area contributed by atoms with Crippen LogP contribution in [0.2, 0.25) is 0 Å². The zero-order valence-corrected chi connectivity index (χ0v) is 7.84. The van der Waals surface area contributed by atoms with Crippen LogP contribution in [0.5, 0.6) is 0 Å². The van der Waals surface area contributed by atoms with E-state index in [1.54, 1.807) is 0 Å². The molecule has 1 aliphatic rings. The zero-order chi connectivity index (χ0) is 6.85. The van der Waals surface area contributed by atoms with Gasteiger partial charge in [0.25, 0.3) is 0 Å². The summed E-state index contributed by atoms with van der Waals surface area (Å²) in [4.78, 5) is 2.22. The smallest absolute Gasteiger partial charge is 0.0760 e. The Balaban J connectivity index is 2.74. The van der Waals surface area contributed by atoms with Crippen LogP contribution in [-0.2, 0) is 0 Å². The Labute approximate surface area is 69.6 Å². The van der Waals surface area contributed by atoms with Crippen LogP contribution < -0.4 is 0 Å². The lowest BCUT2D eigenvalue weighted by Gasteiger charge is -2.20. The summed E-state index contributed by atoms with van der Waals surface area (Å²) in [5.74, 6) is 0. The summed E-state index contributed by atoms with van der Waals surface area (Å²) in [7, 11) is 2.10. The van der Waals surface area contributed by atoms with Crippen molar-refractivity contribution in [3.63, 3.8) is 0 Å². The van der Waals surface area contributed by atoms with Gasteiger partial charge in [-0.25, -0.2) is 0 Å². The van der Waals surface area contributed by atoms with Gasteiger partial charge in [0.2, 0.25) is 0 Å². The minimum atomic E-state index is 1.06. The molecule has 0 fully saturated rings. The van der Waals surface area contributed by atoms with E-state index in [0.717, 1.165) is 6.54 Å². The van der Waals surface area contributed by atoms with Gasteiger partial charge in [0.1, 0.15) is 0 Å². The van der Waals surface area contributed by atoms with Crippen molar-refractivity contribution in [3.05, 3.63) is 21.4 Å². The normalized spacial score (nSPS) is 19.2. The van der Waals surface area contributed by atoms with Crippen LogP contribution in [0.4, 0.5) is 0 Å². The predicted molar refractivity (Wildman–Crippen MR) is 48.5 cm³/mol. The van der Waals surface area contributed by atoms with Gasteiger partial charge in [0, 0.05) is 13.6 Å². The second-order valence-corrected chi connectivity index (χ2v) is 3.40. The lowest BCUT2D eigenvalue weighted by Crippen LogP contribution is -2.16. The standard InChI is InChI=1S/C7H10IN/c1-6-3-4-9(2)7(8)5-6/h3,5H,4H2,1-2H3. The number of likely N-dealkylation sites (N-methyl/N-ethyl adjacent to an activating group) is 1. The van der Waals surface area contributed by atoms with E-state index in [1.165, 1.54) is 9.28 Å². The maximum absolute atomic E-state index is 2.34. The molecule has 0 amide bonds. The average Bonchev–Trinajstić information content (AvgIpc) is 1.80. The van der Waals surface area contributed by atoms with Crippen molar-refractivity contribution in [2.45, 2.75) is 6.92 Å². The fraction of sp³-hybridized carbons (Fsp3) is 0.429. The second-order valence-electron chi connectivity index (χ2n) is 2.30. The molecular formula is C7H10IN. The SMILES string of the molecule is CC1=CCN(C)C(I)=C1. The molecule has 0 bridgehead atoms. The van der Waals surface area contributed by atoms with Crippen LogP contribution in [-0.4, -0.2) is 18.5 Å². The molecule has 0 saturated heterocycles. The van der Waals surface area contributed by atoms with Gasteiger partial charge in [0.05, 0.1) is 3.70 Å². The lowest BCUT2D eigenvalue weighted by molar-refractivity contribution is 0.496. The van der Waals surface area contributed by atoms with Crippen molar-refractivity contribution in [1.29, 1.82) is 0 Å². The molecular weight excluding hydrogens is 225 g/mol. The molecule has 0 aliphatic carbocycles. The van der Waals surface area contributed by atoms with E-state index in [0.29, 0.717) is 0 Å². The van der Waals surface area contributed by atoms with Gasteiger partial charge in [-0.1, -0.05) is 11.6 Å². The largest absolute Gasteiger partial charge is 0.366 e. The highest BCUT2D eigenvalue weighted by Gasteiger charge is 2.02. The Morgan fingerprint density at radius 2 is 2.33 bits per heavy atom. The predicted octanol–water partition coefficient (Wildman–Crippen LogP) is 2.15. The molecule has 9 heavy (non-hydrogen) atoms. The summed E-state index contributed by atoms with van der Waals surface area (Å²) >= 11 is 2.34. The summed E-state index contributed by atoms with van der Waals surface area (Å²) in [6.45, 7) is 3.19. The lowest BCUT2D eigenvalue weighted by atomic mass is 10.2. The second kappa shape index (κ2) is 2.73. The first-order valence-electron chi connectivity index (χ1n) is 2.95. The van der Waals surface area contributed by atoms with Gasteiger partial charge in [-0.05, 0) is 35.6 Å². The fourth-order valence-electron chi connectivity index (χ4n) is 0.725. The molecule has 1 nitrogen and oxygen atoms in total. The maximum Gasteiger partial charge on any atom is 0.0760 e. The number of halogens is 1. The summed E-state index contributed by atoms with van der Waals surface area (Å²) in [5.41, 5.74) is 1.37. The van der Waals surface area contributed by atoms with Gasteiger partial charge in [-0.15, -0.1) is 0 Å². The third-order valence-corrected chi connectivity index (χ3v) is 2.53. The van der Waals surface area contributed by atoms with Gasteiger partial charge >= 0.3 is 0 Å². The third-order valence-electron chi connectivity index (χ3n) is 1.40. The van der Waals surface area contributed by atoms with Gasteiger partial charge in [-0.3, -0.25) is 0 Å². The molecule has 0 radical (unpaired) electrons. The molecule has 0 spiro atoms. The molecule has 0 atom stereocenters. The van der Waals surface area contributed by atoms with Gasteiger partial charge < -0.3 is 4.90 Å². The summed E-state index contributed by atoms with van der Waals surface area (Å²) in [6, 6.07) is 0. The molecule has 0 aromatic rings. The molecule has 0 N–H and O–H groups in total. The van der Waals surface area contributed by atoms with Crippen molar-refractivity contribution in [2.75, 3.05) is 13.6 Å². The Hall–Kier alpha value is 0.01000. The van der Waals surface area contributed by atoms with Crippen molar-refractivity contribution < 1.29 is 0 Å². The molecule has 50 valence electrons. The van der Waals surface area contributed by atoms with Gasteiger partial charge in [0.15, 0.2) is 0 Å². The molecule has 1 heterocycles. The van der Waals surface area contributed by atoms with E-state index in [-0.39, 0.29) is 0 Å². The summed E-state index contributed by atoms with van der Waals surface area (Å²) in [5, 5.41) is 0. The van der Waals surface area contributed by atoms with Crippen LogP contribution in [0.15, 0.2) is 21.4 Å². The van der Waals surface area contributed by atoms with Crippen molar-refractivity contribution in [1.82, 2.24) is 4.90 Å². The first kappa shape index (κ1) is 7.12. The van der Waals surface area contributed by atoms with Crippen LogP contribution >= 0.6 is 22.6 Å². The van der Waals surface area contributed by atoms with E-state index < -0.39 is 0 Å². The van der Waals surface area contributed by atoms with Gasteiger partial charge in [-0.2, -0.15) is 0 Å². The number of hydrogen-bond acceptors (Lipinski definition) is 1. The molecule has 2 heteroatoms. The van der Waals surface area contributed by atoms with E-state index in [1.807, 2.05) is 0 Å². The van der Waals surface area contributed by atoms with Crippen LogP contribution in [0.1, 0.15) is 6.92 Å². The Kier molecular flexibility index (Phi) is 2.16. The van der Waals surface area contributed by atoms with Crippen LogP contribution in [0, 0.1) is 0 Å². The highest BCUT2D eigenvalue weighted by atomic mass is 127. The van der Waals surface area contributed by atoms with Crippen LogP contribution in [0.25, 0.3) is 0 Å². The van der Waals surface area contributed by atoms with E-state index in [9.17, 15) is 0 Å². The Morgan fingerprint density at radius 1 is 1.67 bits per heavy atom. The molecule has 0 unspecified atom stereocenters. The zero-order valence-electron chi connectivity index (χ0n) is 5.69. The Bertz CT molecular complexity index is 170. The minimum Gasteiger partial charge on any atom is -0.366 e. The third kappa shape index (κ3) is 1.71. The molecule has 1 rings (SSSR count). The molecule has 0 aromatic carbocycles. The highest BCUT2D eigenvalue weighted by molar-refractivity contribution is 14.1. The van der Waals surface area contributed by atoms with Crippen LogP contribution in [0.3, 0.4) is 0 Å². The Morgan fingerprint density at radius 3 is 2.78 bits per heavy atom. The first-order chi connectivity index (χ1) is 4.20. The minimum absolute atomic E-state index is 1.06. The van der Waals surface area contributed by atoms with Crippen molar-refractivity contribution >= 4 is 22.6 Å². The monoisotopic (exact) mass is 235 g/mol. The van der Waals surface area contributed by atoms with Crippen molar-refractivity contribution in [3.8, 4) is 0 Å².